The van der Waals surface area contributed by atoms with Crippen LogP contribution >= 0.6 is 12.2 Å². The fourth-order valence-electron chi connectivity index (χ4n) is 2.32. The smallest absolute Gasteiger partial charge is 0.337 e. The van der Waals surface area contributed by atoms with Crippen molar-refractivity contribution in [1.29, 1.82) is 0 Å². The Morgan fingerprint density at radius 3 is 2.72 bits per heavy atom. The van der Waals surface area contributed by atoms with Crippen LogP contribution < -0.4 is 0 Å². The molecule has 0 saturated heterocycles. The molecule has 0 spiro atoms. The number of nitrogens with zero attached hydrogens (tertiary/aromatic N) is 3. The van der Waals surface area contributed by atoms with Crippen LogP contribution in [-0.4, -0.2) is 34.2 Å². The van der Waals surface area contributed by atoms with Gasteiger partial charge in [-0.25, -0.2) is 9.89 Å². The van der Waals surface area contributed by atoms with Crippen LogP contribution in [0.2, 0.25) is 0 Å². The molecule has 0 fully saturated rings. The van der Waals surface area contributed by atoms with Crippen LogP contribution in [0.4, 0.5) is 0 Å². The fraction of sp³-hybridized carbons (Fsp3) is 0.111. The van der Waals surface area contributed by atoms with Crippen LogP contribution in [0.3, 0.4) is 0 Å². The van der Waals surface area contributed by atoms with Crippen molar-refractivity contribution in [2.24, 2.45) is 5.10 Å². The molecule has 0 aliphatic carbocycles. The summed E-state index contributed by atoms with van der Waals surface area (Å²) in [5.41, 5.74) is 3.36. The third-order valence-corrected chi connectivity index (χ3v) is 3.84. The number of aryl methyl sites for hydroxylation is 1. The zero-order valence-corrected chi connectivity index (χ0v) is 14.6. The molecule has 0 bridgehead atoms. The third kappa shape index (κ3) is 3.72. The Kier molecular flexibility index (Phi) is 4.85. The maximum absolute atomic E-state index is 11.5. The Balaban J connectivity index is 1.91. The van der Waals surface area contributed by atoms with E-state index in [1.54, 1.807) is 35.2 Å². The maximum Gasteiger partial charge on any atom is 0.337 e. The lowest BCUT2D eigenvalue weighted by molar-refractivity contribution is 0.0600. The summed E-state index contributed by atoms with van der Waals surface area (Å²) in [5, 5.41) is 11.4. The van der Waals surface area contributed by atoms with E-state index >= 15 is 0 Å². The van der Waals surface area contributed by atoms with Gasteiger partial charge in [0.05, 0.1) is 18.9 Å². The highest BCUT2D eigenvalue weighted by Crippen LogP contribution is 2.18. The Morgan fingerprint density at radius 1 is 1.28 bits per heavy atom. The van der Waals surface area contributed by atoms with Gasteiger partial charge < -0.3 is 4.74 Å². The van der Waals surface area contributed by atoms with Crippen molar-refractivity contribution in [3.05, 3.63) is 70.0 Å². The number of aromatic amines is 1. The number of aromatic nitrogens is 3. The molecule has 0 atom stereocenters. The highest BCUT2D eigenvalue weighted by atomic mass is 32.1. The van der Waals surface area contributed by atoms with Gasteiger partial charge in [-0.3, -0.25) is 0 Å². The average molecular weight is 352 g/mol. The highest BCUT2D eigenvalue weighted by molar-refractivity contribution is 7.71. The second-order valence-electron chi connectivity index (χ2n) is 5.39. The van der Waals surface area contributed by atoms with Crippen LogP contribution in [0.25, 0.3) is 11.4 Å². The predicted octanol–water partition coefficient (Wildman–Crippen LogP) is 3.58. The molecule has 6 nitrogen and oxygen atoms in total. The zero-order valence-electron chi connectivity index (χ0n) is 13.8. The molecule has 2 aromatic carbocycles. The van der Waals surface area contributed by atoms with Crippen LogP contribution in [0, 0.1) is 11.7 Å². The molecule has 3 aromatic rings. The number of methoxy groups -OCH3 is 1. The van der Waals surface area contributed by atoms with Crippen LogP contribution in [-0.2, 0) is 4.74 Å². The molecule has 1 N–H and O–H groups in total. The van der Waals surface area contributed by atoms with Crippen molar-refractivity contribution >= 4 is 24.4 Å². The summed E-state index contributed by atoms with van der Waals surface area (Å²) in [5.74, 6) is 0.262. The van der Waals surface area contributed by atoms with Gasteiger partial charge in [0, 0.05) is 5.56 Å². The van der Waals surface area contributed by atoms with E-state index in [2.05, 4.69) is 20.0 Å². The lowest BCUT2D eigenvalue weighted by Crippen LogP contribution is -2.01. The van der Waals surface area contributed by atoms with Crippen molar-refractivity contribution < 1.29 is 9.53 Å². The largest absolute Gasteiger partial charge is 0.465 e. The van der Waals surface area contributed by atoms with Crippen LogP contribution in [0.5, 0.6) is 0 Å². The van der Waals surface area contributed by atoms with Gasteiger partial charge in [0.1, 0.15) is 0 Å². The number of H-pyrrole nitrogens is 1. The summed E-state index contributed by atoms with van der Waals surface area (Å²) in [6.45, 7) is 2.02. The van der Waals surface area contributed by atoms with Gasteiger partial charge in [0.25, 0.3) is 0 Å². The molecule has 0 radical (unpaired) electrons. The minimum absolute atomic E-state index is 0.373. The highest BCUT2D eigenvalue weighted by Gasteiger charge is 2.08. The lowest BCUT2D eigenvalue weighted by atomic mass is 10.1. The van der Waals surface area contributed by atoms with Crippen molar-refractivity contribution in [1.82, 2.24) is 14.9 Å². The van der Waals surface area contributed by atoms with E-state index in [1.807, 2.05) is 31.2 Å². The molecule has 0 amide bonds. The molecule has 0 saturated carbocycles. The van der Waals surface area contributed by atoms with E-state index in [0.717, 1.165) is 16.7 Å². The summed E-state index contributed by atoms with van der Waals surface area (Å²) in [4.78, 5) is 11.5. The number of ether oxygens (including phenoxy) is 1. The minimum atomic E-state index is -0.373. The Labute approximate surface area is 149 Å². The van der Waals surface area contributed by atoms with Gasteiger partial charge >= 0.3 is 5.97 Å². The standard InChI is InChI=1S/C18H16N4O2S/c1-12-4-3-5-15(10-12)16-20-21-18(25)22(16)19-11-13-6-8-14(9-7-13)17(23)24-2/h3-11H,1-2H3,(H,21,25). The molecular formula is C18H16N4O2S. The molecule has 25 heavy (non-hydrogen) atoms. The number of carbonyl (C=O) groups is 1. The predicted molar refractivity (Wildman–Crippen MR) is 98.4 cm³/mol. The van der Waals surface area contributed by atoms with Gasteiger partial charge in [-0.05, 0) is 42.9 Å². The summed E-state index contributed by atoms with van der Waals surface area (Å²) in [6.07, 6.45) is 1.66. The van der Waals surface area contributed by atoms with E-state index in [1.165, 1.54) is 7.11 Å². The summed E-state index contributed by atoms with van der Waals surface area (Å²) >= 11 is 5.26. The maximum atomic E-state index is 11.5. The van der Waals surface area contributed by atoms with Gasteiger partial charge in [-0.2, -0.15) is 14.9 Å². The number of esters is 1. The number of benzene rings is 2. The normalized spacial score (nSPS) is 11.0. The fourth-order valence-corrected chi connectivity index (χ4v) is 2.50. The minimum Gasteiger partial charge on any atom is -0.465 e. The van der Waals surface area contributed by atoms with Crippen molar-refractivity contribution in [3.8, 4) is 11.4 Å². The van der Waals surface area contributed by atoms with Crippen molar-refractivity contribution in [2.45, 2.75) is 6.92 Å². The molecular weight excluding hydrogens is 336 g/mol. The molecule has 126 valence electrons. The first-order valence-corrected chi connectivity index (χ1v) is 7.96. The number of rotatable bonds is 4. The zero-order chi connectivity index (χ0) is 17.8. The summed E-state index contributed by atoms with van der Waals surface area (Å²) < 4.78 is 6.65. The molecule has 1 aromatic heterocycles. The van der Waals surface area contributed by atoms with E-state index in [-0.39, 0.29) is 5.97 Å². The van der Waals surface area contributed by atoms with Gasteiger partial charge in [-0.1, -0.05) is 35.9 Å². The quantitative estimate of drug-likeness (QED) is 0.442. The van der Waals surface area contributed by atoms with E-state index < -0.39 is 0 Å². The molecule has 0 aliphatic heterocycles. The second-order valence-corrected chi connectivity index (χ2v) is 5.78. The van der Waals surface area contributed by atoms with Gasteiger partial charge in [-0.15, -0.1) is 0 Å². The monoisotopic (exact) mass is 352 g/mol. The van der Waals surface area contributed by atoms with E-state index in [4.69, 9.17) is 12.2 Å². The van der Waals surface area contributed by atoms with Crippen LogP contribution in [0.1, 0.15) is 21.5 Å². The van der Waals surface area contributed by atoms with Crippen molar-refractivity contribution in [3.63, 3.8) is 0 Å². The number of nitrogens with one attached hydrogen (secondary N) is 1. The number of hydrogen-bond donors (Lipinski definition) is 1. The SMILES string of the molecule is COC(=O)c1ccc(C=Nn2c(-c3cccc(C)c3)n[nH]c2=S)cc1. The molecule has 0 aliphatic rings. The Morgan fingerprint density at radius 2 is 2.04 bits per heavy atom. The summed E-state index contributed by atoms with van der Waals surface area (Å²) in [6, 6.07) is 14.9. The first-order valence-electron chi connectivity index (χ1n) is 7.55. The summed E-state index contributed by atoms with van der Waals surface area (Å²) in [7, 11) is 1.35. The van der Waals surface area contributed by atoms with Crippen LogP contribution in [0.15, 0.2) is 53.6 Å². The number of hydrogen-bond acceptors (Lipinski definition) is 5. The Hall–Kier alpha value is -3.06. The molecule has 7 heteroatoms. The Bertz CT molecular complexity index is 987. The van der Waals surface area contributed by atoms with E-state index in [9.17, 15) is 4.79 Å². The topological polar surface area (TPSA) is 72.3 Å². The van der Waals surface area contributed by atoms with Crippen molar-refractivity contribution in [2.75, 3.05) is 7.11 Å². The van der Waals surface area contributed by atoms with Gasteiger partial charge in [0.2, 0.25) is 4.77 Å². The number of carbonyl (C=O) groups excluding carboxylic acids is 1. The lowest BCUT2D eigenvalue weighted by Gasteiger charge is -2.02. The van der Waals surface area contributed by atoms with E-state index in [0.29, 0.717) is 16.2 Å². The van der Waals surface area contributed by atoms with Gasteiger partial charge in [0.15, 0.2) is 5.82 Å². The second kappa shape index (κ2) is 7.23. The first-order chi connectivity index (χ1) is 12.1. The molecule has 1 heterocycles. The first kappa shape index (κ1) is 16.8. The molecule has 0 unspecified atom stereocenters. The third-order valence-electron chi connectivity index (χ3n) is 3.58. The molecule has 3 rings (SSSR count). The average Bonchev–Trinajstić information content (AvgIpc) is 3.00.